The van der Waals surface area contributed by atoms with Crippen molar-refractivity contribution < 1.29 is 14.3 Å². The van der Waals surface area contributed by atoms with Gasteiger partial charge in [-0.15, -0.1) is 0 Å². The van der Waals surface area contributed by atoms with Gasteiger partial charge in [-0.25, -0.2) is 4.79 Å². The van der Waals surface area contributed by atoms with Gasteiger partial charge in [0, 0.05) is 5.54 Å². The molecule has 0 saturated carbocycles. The Bertz CT molecular complexity index is 410. The second-order valence-electron chi connectivity index (χ2n) is 4.85. The predicted molar refractivity (Wildman–Crippen MR) is 68.4 cm³/mol. The van der Waals surface area contributed by atoms with Crippen molar-refractivity contribution >= 4 is 12.0 Å². The highest BCUT2D eigenvalue weighted by Gasteiger charge is 2.14. The van der Waals surface area contributed by atoms with Crippen molar-refractivity contribution in [1.29, 1.82) is 0 Å². The van der Waals surface area contributed by atoms with Gasteiger partial charge in [0.15, 0.2) is 0 Å². The van der Waals surface area contributed by atoms with Crippen molar-refractivity contribution in [2.24, 2.45) is 0 Å². The van der Waals surface area contributed by atoms with Crippen LogP contribution in [0.25, 0.3) is 0 Å². The van der Waals surface area contributed by atoms with E-state index in [1.54, 1.807) is 24.3 Å². The summed E-state index contributed by atoms with van der Waals surface area (Å²) in [5.74, 6) is 0.179. The summed E-state index contributed by atoms with van der Waals surface area (Å²) < 4.78 is 4.96. The molecule has 0 aliphatic heterocycles. The van der Waals surface area contributed by atoms with E-state index in [2.05, 4.69) is 10.6 Å². The lowest BCUT2D eigenvalue weighted by atomic mass is 10.1. The first-order valence-electron chi connectivity index (χ1n) is 5.68. The molecule has 0 aliphatic rings. The SMILES string of the molecule is CC(C)(C)NC(=O)CNC(=O)Oc1ccccc1. The number of nitrogens with one attached hydrogen (secondary N) is 2. The van der Waals surface area contributed by atoms with Crippen LogP contribution in [0.15, 0.2) is 30.3 Å². The highest BCUT2D eigenvalue weighted by atomic mass is 16.6. The molecule has 18 heavy (non-hydrogen) atoms. The number of rotatable bonds is 3. The average Bonchev–Trinajstić information content (AvgIpc) is 2.25. The zero-order valence-electron chi connectivity index (χ0n) is 10.8. The minimum Gasteiger partial charge on any atom is -0.410 e. The van der Waals surface area contributed by atoms with E-state index in [-0.39, 0.29) is 18.0 Å². The molecule has 0 unspecified atom stereocenters. The van der Waals surface area contributed by atoms with E-state index in [0.717, 1.165) is 0 Å². The quantitative estimate of drug-likeness (QED) is 0.857. The van der Waals surface area contributed by atoms with E-state index >= 15 is 0 Å². The zero-order chi connectivity index (χ0) is 13.6. The van der Waals surface area contributed by atoms with Gasteiger partial charge in [-0.2, -0.15) is 0 Å². The highest BCUT2D eigenvalue weighted by Crippen LogP contribution is 2.07. The molecule has 2 N–H and O–H groups in total. The number of carbonyl (C=O) groups excluding carboxylic acids is 2. The van der Waals surface area contributed by atoms with E-state index in [1.807, 2.05) is 26.8 Å². The maximum absolute atomic E-state index is 11.4. The van der Waals surface area contributed by atoms with Gasteiger partial charge in [-0.3, -0.25) is 4.79 Å². The van der Waals surface area contributed by atoms with Crippen molar-refractivity contribution in [3.63, 3.8) is 0 Å². The van der Waals surface area contributed by atoms with Crippen LogP contribution in [0, 0.1) is 0 Å². The largest absolute Gasteiger partial charge is 0.413 e. The fraction of sp³-hybridized carbons (Fsp3) is 0.385. The van der Waals surface area contributed by atoms with E-state index in [1.165, 1.54) is 0 Å². The molecule has 0 aliphatic carbocycles. The summed E-state index contributed by atoms with van der Waals surface area (Å²) in [6.45, 7) is 5.50. The van der Waals surface area contributed by atoms with Crippen LogP contribution < -0.4 is 15.4 Å². The Kier molecular flexibility index (Phi) is 4.71. The number of carbonyl (C=O) groups is 2. The minimum atomic E-state index is -0.648. The standard InChI is InChI=1S/C13H18N2O3/c1-13(2,3)15-11(16)9-14-12(17)18-10-7-5-4-6-8-10/h4-8H,9H2,1-3H3,(H,14,17)(H,15,16). The Balaban J connectivity index is 2.32. The second kappa shape index (κ2) is 6.05. The number of para-hydroxylation sites is 1. The van der Waals surface area contributed by atoms with Crippen LogP contribution in [0.5, 0.6) is 5.75 Å². The van der Waals surface area contributed by atoms with Crippen molar-refractivity contribution in [3.8, 4) is 5.75 Å². The minimum absolute atomic E-state index is 0.108. The Hall–Kier alpha value is -2.04. The fourth-order valence-electron chi connectivity index (χ4n) is 1.25. The van der Waals surface area contributed by atoms with Crippen molar-refractivity contribution in [2.75, 3.05) is 6.54 Å². The number of ether oxygens (including phenoxy) is 1. The number of amides is 2. The van der Waals surface area contributed by atoms with Crippen LogP contribution in [0.4, 0.5) is 4.79 Å². The molecule has 98 valence electrons. The van der Waals surface area contributed by atoms with Gasteiger partial charge in [-0.05, 0) is 32.9 Å². The van der Waals surface area contributed by atoms with Gasteiger partial charge >= 0.3 is 6.09 Å². The topological polar surface area (TPSA) is 67.4 Å². The Labute approximate surface area is 107 Å². The van der Waals surface area contributed by atoms with E-state index in [9.17, 15) is 9.59 Å². The molecule has 0 radical (unpaired) electrons. The van der Waals surface area contributed by atoms with Crippen LogP contribution in [0.3, 0.4) is 0 Å². The molecule has 0 spiro atoms. The maximum atomic E-state index is 11.4. The molecule has 5 heteroatoms. The van der Waals surface area contributed by atoms with Gasteiger partial charge in [0.1, 0.15) is 12.3 Å². The summed E-state index contributed by atoms with van der Waals surface area (Å²) in [6.07, 6.45) is -0.648. The summed E-state index contributed by atoms with van der Waals surface area (Å²) in [6, 6.07) is 8.66. The maximum Gasteiger partial charge on any atom is 0.413 e. The van der Waals surface area contributed by atoms with Crippen LogP contribution in [-0.4, -0.2) is 24.1 Å². The molecule has 0 atom stereocenters. The first-order valence-corrected chi connectivity index (χ1v) is 5.68. The number of hydrogen-bond acceptors (Lipinski definition) is 3. The second-order valence-corrected chi connectivity index (χ2v) is 4.85. The monoisotopic (exact) mass is 250 g/mol. The molecule has 0 heterocycles. The molecule has 2 amide bonds. The smallest absolute Gasteiger partial charge is 0.410 e. The van der Waals surface area contributed by atoms with Crippen molar-refractivity contribution in [3.05, 3.63) is 30.3 Å². The third kappa shape index (κ3) is 5.89. The van der Waals surface area contributed by atoms with E-state index in [4.69, 9.17) is 4.74 Å². The Morgan fingerprint density at radius 3 is 2.33 bits per heavy atom. The van der Waals surface area contributed by atoms with Crippen molar-refractivity contribution in [2.45, 2.75) is 26.3 Å². The third-order valence-corrected chi connectivity index (χ3v) is 1.86. The summed E-state index contributed by atoms with van der Waals surface area (Å²) in [5, 5.41) is 5.11. The molecule has 5 nitrogen and oxygen atoms in total. The zero-order valence-corrected chi connectivity index (χ0v) is 10.8. The number of hydrogen-bond donors (Lipinski definition) is 2. The first-order chi connectivity index (χ1) is 8.37. The highest BCUT2D eigenvalue weighted by molar-refractivity contribution is 5.83. The van der Waals surface area contributed by atoms with Crippen LogP contribution in [0.1, 0.15) is 20.8 Å². The summed E-state index contributed by atoms with van der Waals surface area (Å²) >= 11 is 0. The molecule has 0 aromatic heterocycles. The van der Waals surface area contributed by atoms with Gasteiger partial charge in [0.25, 0.3) is 0 Å². The van der Waals surface area contributed by atoms with Gasteiger partial charge in [0.05, 0.1) is 0 Å². The van der Waals surface area contributed by atoms with Crippen LogP contribution in [0.2, 0.25) is 0 Å². The summed E-state index contributed by atoms with van der Waals surface area (Å²) in [4.78, 5) is 22.8. The molecular formula is C13H18N2O3. The van der Waals surface area contributed by atoms with Crippen LogP contribution in [-0.2, 0) is 4.79 Å². The molecular weight excluding hydrogens is 232 g/mol. The third-order valence-electron chi connectivity index (χ3n) is 1.86. The predicted octanol–water partition coefficient (Wildman–Crippen LogP) is 1.69. The first kappa shape index (κ1) is 14.0. The molecule has 1 aromatic rings. The summed E-state index contributed by atoms with van der Waals surface area (Å²) in [5.41, 5.74) is -0.317. The van der Waals surface area contributed by atoms with E-state index in [0.29, 0.717) is 5.75 Å². The number of benzene rings is 1. The lowest BCUT2D eigenvalue weighted by Gasteiger charge is -2.20. The summed E-state index contributed by atoms with van der Waals surface area (Å²) in [7, 11) is 0. The van der Waals surface area contributed by atoms with E-state index < -0.39 is 6.09 Å². The van der Waals surface area contributed by atoms with Gasteiger partial charge in [0.2, 0.25) is 5.91 Å². The van der Waals surface area contributed by atoms with Crippen LogP contribution >= 0.6 is 0 Å². The lowest BCUT2D eigenvalue weighted by molar-refractivity contribution is -0.121. The Morgan fingerprint density at radius 2 is 1.78 bits per heavy atom. The van der Waals surface area contributed by atoms with Gasteiger partial charge < -0.3 is 15.4 Å². The fourth-order valence-corrected chi connectivity index (χ4v) is 1.25. The molecule has 0 saturated heterocycles. The molecule has 0 fully saturated rings. The average molecular weight is 250 g/mol. The lowest BCUT2D eigenvalue weighted by Crippen LogP contribution is -2.46. The normalized spacial score (nSPS) is 10.6. The van der Waals surface area contributed by atoms with Gasteiger partial charge in [-0.1, -0.05) is 18.2 Å². The molecule has 0 bridgehead atoms. The Morgan fingerprint density at radius 1 is 1.17 bits per heavy atom. The molecule has 1 rings (SSSR count). The molecule has 1 aromatic carbocycles. The van der Waals surface area contributed by atoms with Crippen molar-refractivity contribution in [1.82, 2.24) is 10.6 Å².